The fourth-order valence-corrected chi connectivity index (χ4v) is 2.46. The number of rotatable bonds is 6. The Labute approximate surface area is 150 Å². The van der Waals surface area contributed by atoms with Gasteiger partial charge in [-0.15, -0.1) is 0 Å². The number of carbonyl (C=O) groups excluding carboxylic acids is 1. The summed E-state index contributed by atoms with van der Waals surface area (Å²) in [6, 6.07) is 11.3. The van der Waals surface area contributed by atoms with Crippen LogP contribution in [0, 0.1) is 5.82 Å². The van der Waals surface area contributed by atoms with Gasteiger partial charge < -0.3 is 14.2 Å². The molecular formula is C20H18FNO4. The van der Waals surface area contributed by atoms with Crippen molar-refractivity contribution in [2.45, 2.75) is 13.8 Å². The van der Waals surface area contributed by atoms with Crippen LogP contribution in [0.2, 0.25) is 0 Å². The standard InChI is InChI=1S/C20H18FNO4/c1-3-24-17-10-9-14(12-18(17)25-4-2)19-22-16(20(23)26-19)11-13-7-5-6-8-15(13)21/h5-12H,3-4H2,1-2H3. The molecule has 0 atom stereocenters. The Morgan fingerprint density at radius 1 is 1.08 bits per heavy atom. The minimum absolute atomic E-state index is 0.0388. The second-order valence-corrected chi connectivity index (χ2v) is 5.39. The molecule has 0 unspecified atom stereocenters. The van der Waals surface area contributed by atoms with E-state index in [0.717, 1.165) is 0 Å². The van der Waals surface area contributed by atoms with Crippen molar-refractivity contribution in [3.8, 4) is 11.5 Å². The molecule has 0 aromatic heterocycles. The van der Waals surface area contributed by atoms with Gasteiger partial charge in [0.05, 0.1) is 13.2 Å². The van der Waals surface area contributed by atoms with Crippen LogP contribution >= 0.6 is 0 Å². The third-order valence-corrected chi connectivity index (χ3v) is 3.61. The maximum atomic E-state index is 13.8. The summed E-state index contributed by atoms with van der Waals surface area (Å²) in [6.45, 7) is 4.72. The Morgan fingerprint density at radius 3 is 2.54 bits per heavy atom. The molecule has 5 nitrogen and oxygen atoms in total. The van der Waals surface area contributed by atoms with Gasteiger partial charge in [-0.3, -0.25) is 0 Å². The van der Waals surface area contributed by atoms with E-state index < -0.39 is 11.8 Å². The predicted octanol–water partition coefficient (Wildman–Crippen LogP) is 3.97. The van der Waals surface area contributed by atoms with Gasteiger partial charge in [-0.05, 0) is 44.2 Å². The zero-order valence-electron chi connectivity index (χ0n) is 14.5. The molecule has 3 rings (SSSR count). The maximum Gasteiger partial charge on any atom is 0.363 e. The molecule has 1 aliphatic heterocycles. The summed E-state index contributed by atoms with van der Waals surface area (Å²) in [5.74, 6) is 0.218. The Hall–Kier alpha value is -3.15. The van der Waals surface area contributed by atoms with Crippen LogP contribution < -0.4 is 9.47 Å². The second-order valence-electron chi connectivity index (χ2n) is 5.39. The number of hydrogen-bond donors (Lipinski definition) is 0. The maximum absolute atomic E-state index is 13.8. The highest BCUT2D eigenvalue weighted by Gasteiger charge is 2.25. The number of benzene rings is 2. The fourth-order valence-electron chi connectivity index (χ4n) is 2.46. The monoisotopic (exact) mass is 355 g/mol. The number of esters is 1. The second kappa shape index (κ2) is 7.82. The number of aliphatic imine (C=N–C) groups is 1. The minimum atomic E-state index is -0.630. The van der Waals surface area contributed by atoms with E-state index >= 15 is 0 Å². The van der Waals surface area contributed by atoms with Gasteiger partial charge in [0.1, 0.15) is 5.82 Å². The van der Waals surface area contributed by atoms with E-state index in [1.165, 1.54) is 12.1 Å². The summed E-state index contributed by atoms with van der Waals surface area (Å²) >= 11 is 0. The van der Waals surface area contributed by atoms with E-state index in [0.29, 0.717) is 30.3 Å². The van der Waals surface area contributed by atoms with Gasteiger partial charge in [0, 0.05) is 11.1 Å². The summed E-state index contributed by atoms with van der Waals surface area (Å²) < 4.78 is 30.1. The first-order chi connectivity index (χ1) is 12.6. The van der Waals surface area contributed by atoms with Crippen molar-refractivity contribution in [1.82, 2.24) is 0 Å². The summed E-state index contributed by atoms with van der Waals surface area (Å²) in [7, 11) is 0. The molecule has 2 aromatic carbocycles. The SMILES string of the molecule is CCOc1ccc(C2=NC(=Cc3ccccc3F)C(=O)O2)cc1OCC. The van der Waals surface area contributed by atoms with Crippen LogP contribution in [-0.4, -0.2) is 25.1 Å². The molecule has 0 saturated carbocycles. The normalized spacial score (nSPS) is 15.0. The van der Waals surface area contributed by atoms with Gasteiger partial charge in [0.2, 0.25) is 5.90 Å². The smallest absolute Gasteiger partial charge is 0.363 e. The molecule has 0 saturated heterocycles. The quantitative estimate of drug-likeness (QED) is 0.581. The molecule has 0 bridgehead atoms. The summed E-state index contributed by atoms with van der Waals surface area (Å²) in [5.41, 5.74) is 0.880. The molecule has 0 amide bonds. The molecule has 0 aliphatic carbocycles. The van der Waals surface area contributed by atoms with E-state index in [9.17, 15) is 9.18 Å². The highest BCUT2D eigenvalue weighted by atomic mass is 19.1. The third kappa shape index (κ3) is 3.74. The Morgan fingerprint density at radius 2 is 1.81 bits per heavy atom. The van der Waals surface area contributed by atoms with Gasteiger partial charge in [-0.1, -0.05) is 18.2 Å². The molecule has 1 heterocycles. The van der Waals surface area contributed by atoms with Crippen molar-refractivity contribution in [3.63, 3.8) is 0 Å². The van der Waals surface area contributed by atoms with E-state index in [1.807, 2.05) is 13.8 Å². The molecule has 0 spiro atoms. The van der Waals surface area contributed by atoms with Gasteiger partial charge in [-0.25, -0.2) is 14.2 Å². The van der Waals surface area contributed by atoms with Crippen molar-refractivity contribution < 1.29 is 23.4 Å². The molecule has 6 heteroatoms. The van der Waals surface area contributed by atoms with Gasteiger partial charge in [0.25, 0.3) is 0 Å². The highest BCUT2D eigenvalue weighted by Crippen LogP contribution is 2.30. The van der Waals surface area contributed by atoms with E-state index in [-0.39, 0.29) is 17.2 Å². The first-order valence-corrected chi connectivity index (χ1v) is 8.29. The lowest BCUT2D eigenvalue weighted by atomic mass is 10.2. The van der Waals surface area contributed by atoms with Crippen LogP contribution in [0.3, 0.4) is 0 Å². The molecule has 0 fully saturated rings. The van der Waals surface area contributed by atoms with Crippen LogP contribution in [0.15, 0.2) is 53.2 Å². The topological polar surface area (TPSA) is 57.1 Å². The first-order valence-electron chi connectivity index (χ1n) is 8.29. The lowest BCUT2D eigenvalue weighted by Crippen LogP contribution is -2.06. The van der Waals surface area contributed by atoms with E-state index in [2.05, 4.69) is 4.99 Å². The Bertz CT molecular complexity index is 889. The average molecular weight is 355 g/mol. The van der Waals surface area contributed by atoms with Crippen molar-refractivity contribution in [1.29, 1.82) is 0 Å². The van der Waals surface area contributed by atoms with Gasteiger partial charge >= 0.3 is 5.97 Å². The number of ether oxygens (including phenoxy) is 3. The van der Waals surface area contributed by atoms with Crippen LogP contribution in [0.25, 0.3) is 6.08 Å². The molecule has 0 radical (unpaired) electrons. The number of nitrogens with zero attached hydrogens (tertiary/aromatic N) is 1. The van der Waals surface area contributed by atoms with Crippen molar-refractivity contribution >= 4 is 17.9 Å². The van der Waals surface area contributed by atoms with Crippen LogP contribution in [-0.2, 0) is 9.53 Å². The molecule has 2 aromatic rings. The average Bonchev–Trinajstić information content (AvgIpc) is 2.99. The summed E-state index contributed by atoms with van der Waals surface area (Å²) in [4.78, 5) is 16.3. The minimum Gasteiger partial charge on any atom is -0.490 e. The van der Waals surface area contributed by atoms with Gasteiger partial charge in [0.15, 0.2) is 17.2 Å². The van der Waals surface area contributed by atoms with Crippen molar-refractivity contribution in [3.05, 3.63) is 65.1 Å². The van der Waals surface area contributed by atoms with Crippen molar-refractivity contribution in [2.75, 3.05) is 13.2 Å². The summed E-state index contributed by atoms with van der Waals surface area (Å²) in [5, 5.41) is 0. The molecule has 0 N–H and O–H groups in total. The molecule has 1 aliphatic rings. The van der Waals surface area contributed by atoms with Crippen LogP contribution in [0.4, 0.5) is 4.39 Å². The highest BCUT2D eigenvalue weighted by molar-refractivity contribution is 6.13. The Balaban J connectivity index is 1.93. The molecular weight excluding hydrogens is 337 g/mol. The molecule has 26 heavy (non-hydrogen) atoms. The van der Waals surface area contributed by atoms with Crippen molar-refractivity contribution in [2.24, 2.45) is 4.99 Å². The zero-order chi connectivity index (χ0) is 18.5. The largest absolute Gasteiger partial charge is 0.490 e. The summed E-state index contributed by atoms with van der Waals surface area (Å²) in [6.07, 6.45) is 1.36. The predicted molar refractivity (Wildman–Crippen MR) is 95.8 cm³/mol. The number of carbonyl (C=O) groups is 1. The first kappa shape index (κ1) is 17.7. The number of cyclic esters (lactones) is 1. The Kier molecular flexibility index (Phi) is 5.31. The number of halogens is 1. The van der Waals surface area contributed by atoms with Gasteiger partial charge in [-0.2, -0.15) is 0 Å². The van der Waals surface area contributed by atoms with Crippen LogP contribution in [0.1, 0.15) is 25.0 Å². The zero-order valence-corrected chi connectivity index (χ0v) is 14.5. The fraction of sp³-hybridized carbons (Fsp3) is 0.200. The lowest BCUT2D eigenvalue weighted by Gasteiger charge is -2.11. The van der Waals surface area contributed by atoms with E-state index in [4.69, 9.17) is 14.2 Å². The number of hydrogen-bond acceptors (Lipinski definition) is 5. The third-order valence-electron chi connectivity index (χ3n) is 3.61. The molecule has 134 valence electrons. The lowest BCUT2D eigenvalue weighted by molar-refractivity contribution is -0.129. The van der Waals surface area contributed by atoms with Crippen LogP contribution in [0.5, 0.6) is 11.5 Å². The van der Waals surface area contributed by atoms with E-state index in [1.54, 1.807) is 36.4 Å².